The summed E-state index contributed by atoms with van der Waals surface area (Å²) in [7, 11) is 0. The first kappa shape index (κ1) is 6.08. The second-order valence-electron chi connectivity index (χ2n) is 3.22. The second kappa shape index (κ2) is 1.91. The SMILES string of the molecule is O=C1CCC2C(=O)CCC12. The van der Waals surface area contributed by atoms with Gasteiger partial charge in [-0.05, 0) is 12.8 Å². The second-order valence-corrected chi connectivity index (χ2v) is 3.22. The number of carbonyl (C=O) groups excluding carboxylic acids is 2. The Morgan fingerprint density at radius 2 is 1.30 bits per heavy atom. The maximum atomic E-state index is 11.0. The molecule has 2 rings (SSSR count). The molecule has 0 aromatic rings. The fraction of sp³-hybridized carbons (Fsp3) is 0.750. The van der Waals surface area contributed by atoms with E-state index in [1.807, 2.05) is 0 Å². The fourth-order valence-electron chi connectivity index (χ4n) is 2.14. The number of rotatable bonds is 0. The van der Waals surface area contributed by atoms with Gasteiger partial charge in [0.1, 0.15) is 11.6 Å². The van der Waals surface area contributed by atoms with Crippen molar-refractivity contribution in [1.29, 1.82) is 0 Å². The zero-order chi connectivity index (χ0) is 7.14. The molecule has 0 heterocycles. The van der Waals surface area contributed by atoms with Crippen LogP contribution in [0.4, 0.5) is 0 Å². The topological polar surface area (TPSA) is 34.1 Å². The third-order valence-corrected chi connectivity index (χ3v) is 2.72. The molecule has 54 valence electrons. The van der Waals surface area contributed by atoms with Crippen molar-refractivity contribution < 1.29 is 9.59 Å². The van der Waals surface area contributed by atoms with Crippen molar-refractivity contribution in [3.63, 3.8) is 0 Å². The van der Waals surface area contributed by atoms with Crippen LogP contribution in [0.5, 0.6) is 0 Å². The third kappa shape index (κ3) is 0.648. The van der Waals surface area contributed by atoms with Crippen LogP contribution in [0.1, 0.15) is 25.7 Å². The molecule has 2 nitrogen and oxygen atoms in total. The molecule has 10 heavy (non-hydrogen) atoms. The summed E-state index contributed by atoms with van der Waals surface area (Å²) in [6, 6.07) is 0. The summed E-state index contributed by atoms with van der Waals surface area (Å²) >= 11 is 0. The molecule has 0 radical (unpaired) electrons. The number of Topliss-reactive ketones (excluding diaryl/α,β-unsaturated/α-hetero) is 2. The monoisotopic (exact) mass is 138 g/mol. The lowest BCUT2D eigenvalue weighted by molar-refractivity contribution is -0.124. The van der Waals surface area contributed by atoms with Crippen LogP contribution in [0.3, 0.4) is 0 Å². The van der Waals surface area contributed by atoms with Crippen molar-refractivity contribution >= 4 is 11.6 Å². The van der Waals surface area contributed by atoms with Gasteiger partial charge in [-0.1, -0.05) is 0 Å². The van der Waals surface area contributed by atoms with E-state index in [0.717, 1.165) is 12.8 Å². The van der Waals surface area contributed by atoms with E-state index in [1.54, 1.807) is 0 Å². The van der Waals surface area contributed by atoms with Gasteiger partial charge < -0.3 is 0 Å². The normalized spacial score (nSPS) is 38.8. The van der Waals surface area contributed by atoms with Crippen LogP contribution in [-0.4, -0.2) is 11.6 Å². The number of hydrogen-bond donors (Lipinski definition) is 0. The molecule has 0 spiro atoms. The molecule has 2 saturated carbocycles. The van der Waals surface area contributed by atoms with Crippen molar-refractivity contribution in [2.75, 3.05) is 0 Å². The third-order valence-electron chi connectivity index (χ3n) is 2.72. The van der Waals surface area contributed by atoms with E-state index in [9.17, 15) is 9.59 Å². The van der Waals surface area contributed by atoms with E-state index < -0.39 is 0 Å². The summed E-state index contributed by atoms with van der Waals surface area (Å²) in [5, 5.41) is 0. The van der Waals surface area contributed by atoms with Crippen LogP contribution >= 0.6 is 0 Å². The predicted octanol–water partition coefficient (Wildman–Crippen LogP) is 0.945. The van der Waals surface area contributed by atoms with Crippen molar-refractivity contribution in [1.82, 2.24) is 0 Å². The molecule has 2 heteroatoms. The molecule has 0 amide bonds. The van der Waals surface area contributed by atoms with Crippen LogP contribution in [0.2, 0.25) is 0 Å². The molecule has 0 aromatic carbocycles. The minimum atomic E-state index is 0.132. The minimum Gasteiger partial charge on any atom is -0.299 e. The average Bonchev–Trinajstić information content (AvgIpc) is 2.41. The molecule has 2 unspecified atom stereocenters. The lowest BCUT2D eigenvalue weighted by Crippen LogP contribution is -2.11. The molecular weight excluding hydrogens is 128 g/mol. The quantitative estimate of drug-likeness (QED) is 0.499. The van der Waals surface area contributed by atoms with E-state index >= 15 is 0 Å². The van der Waals surface area contributed by atoms with Crippen molar-refractivity contribution in [2.45, 2.75) is 25.7 Å². The van der Waals surface area contributed by atoms with Gasteiger partial charge >= 0.3 is 0 Å². The van der Waals surface area contributed by atoms with Crippen molar-refractivity contribution in [3.8, 4) is 0 Å². The van der Waals surface area contributed by atoms with Gasteiger partial charge in [0.25, 0.3) is 0 Å². The standard InChI is InChI=1S/C8H10O2/c9-7-3-1-5-6(7)2-4-8(5)10/h5-6H,1-4H2. The van der Waals surface area contributed by atoms with Gasteiger partial charge in [0.05, 0.1) is 0 Å². The van der Waals surface area contributed by atoms with Crippen molar-refractivity contribution in [2.24, 2.45) is 11.8 Å². The highest BCUT2D eigenvalue weighted by atomic mass is 16.1. The van der Waals surface area contributed by atoms with Gasteiger partial charge in [-0.25, -0.2) is 0 Å². The maximum Gasteiger partial charge on any atom is 0.136 e. The summed E-state index contributed by atoms with van der Waals surface area (Å²) in [5.41, 5.74) is 0. The summed E-state index contributed by atoms with van der Waals surface area (Å²) in [6.07, 6.45) is 2.98. The number of ketones is 2. The Kier molecular flexibility index (Phi) is 1.16. The van der Waals surface area contributed by atoms with Gasteiger partial charge in [0.2, 0.25) is 0 Å². The van der Waals surface area contributed by atoms with Crippen LogP contribution < -0.4 is 0 Å². The molecule has 0 bridgehead atoms. The molecule has 0 aromatic heterocycles. The molecule has 2 fully saturated rings. The summed E-state index contributed by atoms with van der Waals surface area (Å²) in [5.74, 6) is 0.923. The highest BCUT2D eigenvalue weighted by Gasteiger charge is 2.43. The first-order chi connectivity index (χ1) is 4.79. The minimum absolute atomic E-state index is 0.132. The Labute approximate surface area is 59.6 Å². The van der Waals surface area contributed by atoms with Crippen LogP contribution in [0, 0.1) is 11.8 Å². The lowest BCUT2D eigenvalue weighted by atomic mass is 10.00. The molecule has 2 aliphatic carbocycles. The highest BCUT2D eigenvalue weighted by Crippen LogP contribution is 2.39. The molecule has 0 N–H and O–H groups in total. The number of fused-ring (bicyclic) bond motifs is 1. The number of hydrogen-bond acceptors (Lipinski definition) is 2. The molecule has 0 saturated heterocycles. The van der Waals surface area contributed by atoms with Crippen LogP contribution in [0.15, 0.2) is 0 Å². The zero-order valence-corrected chi connectivity index (χ0v) is 5.80. The maximum absolute atomic E-state index is 11.0. The van der Waals surface area contributed by atoms with E-state index in [2.05, 4.69) is 0 Å². The van der Waals surface area contributed by atoms with Gasteiger partial charge in [0.15, 0.2) is 0 Å². The summed E-state index contributed by atoms with van der Waals surface area (Å²) < 4.78 is 0. The van der Waals surface area contributed by atoms with E-state index in [4.69, 9.17) is 0 Å². The van der Waals surface area contributed by atoms with E-state index in [-0.39, 0.29) is 11.8 Å². The van der Waals surface area contributed by atoms with Gasteiger partial charge in [-0.3, -0.25) is 9.59 Å². The van der Waals surface area contributed by atoms with Gasteiger partial charge in [0, 0.05) is 24.7 Å². The molecular formula is C8H10O2. The van der Waals surface area contributed by atoms with Crippen LogP contribution in [0.25, 0.3) is 0 Å². The zero-order valence-electron chi connectivity index (χ0n) is 5.80. The number of carbonyl (C=O) groups is 2. The molecule has 0 aliphatic heterocycles. The van der Waals surface area contributed by atoms with Gasteiger partial charge in [-0.15, -0.1) is 0 Å². The predicted molar refractivity (Wildman–Crippen MR) is 35.5 cm³/mol. The first-order valence-electron chi connectivity index (χ1n) is 3.84. The Balaban J connectivity index is 2.24. The highest BCUT2D eigenvalue weighted by molar-refractivity contribution is 5.95. The largest absolute Gasteiger partial charge is 0.299 e. The van der Waals surface area contributed by atoms with Crippen LogP contribution in [-0.2, 0) is 9.59 Å². The summed E-state index contributed by atoms with van der Waals surface area (Å²) in [4.78, 5) is 22.1. The van der Waals surface area contributed by atoms with Crippen molar-refractivity contribution in [3.05, 3.63) is 0 Å². The Morgan fingerprint density at radius 3 is 1.70 bits per heavy atom. The summed E-state index contributed by atoms with van der Waals surface area (Å²) in [6.45, 7) is 0. The Hall–Kier alpha value is -0.660. The molecule has 2 aliphatic rings. The average molecular weight is 138 g/mol. The van der Waals surface area contributed by atoms with E-state index in [0.29, 0.717) is 24.4 Å². The Morgan fingerprint density at radius 1 is 0.900 bits per heavy atom. The Bertz CT molecular complexity index is 173. The lowest BCUT2D eigenvalue weighted by Gasteiger charge is -2.01. The fourth-order valence-corrected chi connectivity index (χ4v) is 2.14. The smallest absolute Gasteiger partial charge is 0.136 e. The van der Waals surface area contributed by atoms with E-state index in [1.165, 1.54) is 0 Å². The molecule has 2 atom stereocenters. The van der Waals surface area contributed by atoms with Gasteiger partial charge in [-0.2, -0.15) is 0 Å². The first-order valence-corrected chi connectivity index (χ1v) is 3.84.